The fraction of sp³-hybridized carbons (Fsp3) is 0.667. The van der Waals surface area contributed by atoms with Crippen molar-refractivity contribution in [2.45, 2.75) is 84.8 Å². The van der Waals surface area contributed by atoms with Crippen LogP contribution in [0.4, 0.5) is 0 Å². The normalized spacial score (nSPS) is 22.6. The van der Waals surface area contributed by atoms with E-state index >= 15 is 0 Å². The maximum absolute atomic E-state index is 12.8. The Morgan fingerprint density at radius 2 is 1.50 bits per heavy atom. The average Bonchev–Trinajstić information content (AvgIpc) is 2.57. The Morgan fingerprint density at radius 1 is 1.04 bits per heavy atom. The Morgan fingerprint density at radius 3 is 1.83 bits per heavy atom. The van der Waals surface area contributed by atoms with Gasteiger partial charge in [-0.2, -0.15) is 0 Å². The lowest BCUT2D eigenvalue weighted by molar-refractivity contribution is -0.132. The second-order valence-electron chi connectivity index (χ2n) is 8.77. The summed E-state index contributed by atoms with van der Waals surface area (Å²) >= 11 is 0. The first-order valence-corrected chi connectivity index (χ1v) is 8.97. The van der Waals surface area contributed by atoms with E-state index in [2.05, 4.69) is 39.8 Å². The molecule has 134 valence electrons. The number of phenols is 1. The second-order valence-corrected chi connectivity index (χ2v) is 8.77. The molecule has 0 aliphatic carbocycles. The zero-order valence-corrected chi connectivity index (χ0v) is 16.4. The van der Waals surface area contributed by atoms with Gasteiger partial charge in [0.1, 0.15) is 11.4 Å². The minimum atomic E-state index is -0.729. The highest BCUT2D eigenvalue weighted by Gasteiger charge is 2.52. The predicted molar refractivity (Wildman–Crippen MR) is 97.7 cm³/mol. The molecule has 1 heterocycles. The summed E-state index contributed by atoms with van der Waals surface area (Å²) in [5.41, 5.74) is 1.81. The summed E-state index contributed by atoms with van der Waals surface area (Å²) in [5, 5.41) is 10.6. The van der Waals surface area contributed by atoms with Crippen molar-refractivity contribution >= 4 is 5.78 Å². The molecule has 3 heteroatoms. The molecular formula is C21H32O3. The second kappa shape index (κ2) is 6.18. The highest BCUT2D eigenvalue weighted by Crippen LogP contribution is 2.42. The zero-order chi connectivity index (χ0) is 18.4. The van der Waals surface area contributed by atoms with Crippen LogP contribution in [0.25, 0.3) is 0 Å². The SMILES string of the molecule is CC(C)c1cc(CC2C(=O)C(C)(C)OC2(C)C)cc(C(C)C)c1O. The van der Waals surface area contributed by atoms with Crippen molar-refractivity contribution < 1.29 is 14.6 Å². The maximum Gasteiger partial charge on any atom is 0.170 e. The molecule has 0 amide bonds. The lowest BCUT2D eigenvalue weighted by Crippen LogP contribution is -2.32. The smallest absolute Gasteiger partial charge is 0.170 e. The van der Waals surface area contributed by atoms with Gasteiger partial charge in [0, 0.05) is 0 Å². The van der Waals surface area contributed by atoms with Crippen LogP contribution in [0.15, 0.2) is 12.1 Å². The van der Waals surface area contributed by atoms with Crippen molar-refractivity contribution in [2.24, 2.45) is 5.92 Å². The van der Waals surface area contributed by atoms with Gasteiger partial charge >= 0.3 is 0 Å². The zero-order valence-electron chi connectivity index (χ0n) is 16.4. The van der Waals surface area contributed by atoms with E-state index in [1.54, 1.807) is 0 Å². The van der Waals surface area contributed by atoms with Gasteiger partial charge in [-0.1, -0.05) is 39.8 Å². The number of carbonyl (C=O) groups is 1. The number of benzene rings is 1. The molecule has 2 rings (SSSR count). The van der Waals surface area contributed by atoms with Crippen LogP contribution in [0.5, 0.6) is 5.75 Å². The molecule has 0 bridgehead atoms. The molecule has 0 radical (unpaired) electrons. The summed E-state index contributed by atoms with van der Waals surface area (Å²) in [6.45, 7) is 16.0. The van der Waals surface area contributed by atoms with Gasteiger partial charge in [-0.15, -0.1) is 0 Å². The van der Waals surface area contributed by atoms with Crippen molar-refractivity contribution in [1.29, 1.82) is 0 Å². The van der Waals surface area contributed by atoms with E-state index in [1.165, 1.54) is 0 Å². The van der Waals surface area contributed by atoms with Gasteiger partial charge in [0.2, 0.25) is 0 Å². The van der Waals surface area contributed by atoms with Gasteiger partial charge in [0.05, 0.1) is 11.5 Å². The van der Waals surface area contributed by atoms with Crippen LogP contribution in [0.1, 0.15) is 83.9 Å². The number of phenolic OH excluding ortho intramolecular Hbond substituents is 1. The fourth-order valence-electron chi connectivity index (χ4n) is 3.83. The van der Waals surface area contributed by atoms with Crippen LogP contribution in [0.3, 0.4) is 0 Å². The molecule has 1 unspecified atom stereocenters. The summed E-state index contributed by atoms with van der Waals surface area (Å²) in [6, 6.07) is 4.11. The van der Waals surface area contributed by atoms with Gasteiger partial charge in [-0.25, -0.2) is 0 Å². The first-order valence-electron chi connectivity index (χ1n) is 8.97. The number of hydrogen-bond donors (Lipinski definition) is 1. The fourth-order valence-corrected chi connectivity index (χ4v) is 3.83. The molecule has 0 aromatic heterocycles. The molecule has 1 N–H and O–H groups in total. The quantitative estimate of drug-likeness (QED) is 0.848. The molecule has 24 heavy (non-hydrogen) atoms. The average molecular weight is 332 g/mol. The molecule has 0 spiro atoms. The van der Waals surface area contributed by atoms with Gasteiger partial charge in [-0.3, -0.25) is 4.79 Å². The topological polar surface area (TPSA) is 46.5 Å². The molecule has 1 aromatic rings. The highest BCUT2D eigenvalue weighted by atomic mass is 16.5. The van der Waals surface area contributed by atoms with Crippen molar-refractivity contribution in [3.8, 4) is 5.75 Å². The minimum absolute atomic E-state index is 0.165. The summed E-state index contributed by atoms with van der Waals surface area (Å²) in [7, 11) is 0. The number of hydrogen-bond acceptors (Lipinski definition) is 3. The summed E-state index contributed by atoms with van der Waals surface area (Å²) < 4.78 is 6.01. The first-order chi connectivity index (χ1) is 10.9. The molecule has 1 aliphatic rings. The molecular weight excluding hydrogens is 300 g/mol. The summed E-state index contributed by atoms with van der Waals surface area (Å²) in [5.74, 6) is 0.872. The van der Waals surface area contributed by atoms with E-state index < -0.39 is 11.2 Å². The van der Waals surface area contributed by atoms with Crippen LogP contribution >= 0.6 is 0 Å². The molecule has 1 aromatic carbocycles. The molecule has 1 atom stereocenters. The third-order valence-electron chi connectivity index (χ3n) is 5.18. The number of rotatable bonds is 4. The van der Waals surface area contributed by atoms with Crippen molar-refractivity contribution in [2.75, 3.05) is 0 Å². The van der Waals surface area contributed by atoms with Crippen LogP contribution in [0, 0.1) is 5.92 Å². The standard InChI is InChI=1S/C21H32O3/c1-12(2)15-9-14(10-16(13(3)4)18(15)22)11-17-19(23)21(7,8)24-20(17,5)6/h9-10,12-13,17,22H,11H2,1-8H3. The number of ether oxygens (including phenoxy) is 1. The number of Topliss-reactive ketones (excluding diaryl/α,β-unsaturated/α-hetero) is 1. The van der Waals surface area contributed by atoms with Crippen molar-refractivity contribution in [1.82, 2.24) is 0 Å². The van der Waals surface area contributed by atoms with Crippen LogP contribution in [-0.4, -0.2) is 22.1 Å². The third kappa shape index (κ3) is 3.37. The third-order valence-corrected chi connectivity index (χ3v) is 5.18. The van der Waals surface area contributed by atoms with E-state index in [1.807, 2.05) is 27.7 Å². The lowest BCUT2D eigenvalue weighted by atomic mass is 9.80. The summed E-state index contributed by atoms with van der Waals surface area (Å²) in [6.07, 6.45) is 0.648. The van der Waals surface area contributed by atoms with Gasteiger partial charge < -0.3 is 9.84 Å². The molecule has 3 nitrogen and oxygen atoms in total. The molecule has 1 saturated heterocycles. The Balaban J connectivity index is 2.45. The van der Waals surface area contributed by atoms with Crippen LogP contribution < -0.4 is 0 Å². The maximum atomic E-state index is 12.8. The van der Waals surface area contributed by atoms with Crippen LogP contribution in [0.2, 0.25) is 0 Å². The number of ketones is 1. The van der Waals surface area contributed by atoms with Crippen molar-refractivity contribution in [3.63, 3.8) is 0 Å². The van der Waals surface area contributed by atoms with Crippen molar-refractivity contribution in [3.05, 3.63) is 28.8 Å². The Labute approximate surface area is 146 Å². The highest BCUT2D eigenvalue weighted by molar-refractivity contribution is 5.91. The number of aromatic hydroxyl groups is 1. The minimum Gasteiger partial charge on any atom is -0.507 e. The van der Waals surface area contributed by atoms with Gasteiger partial charge in [0.25, 0.3) is 0 Å². The Bertz CT molecular complexity index is 609. The molecule has 1 aliphatic heterocycles. The molecule has 0 saturated carbocycles. The van der Waals surface area contributed by atoms with E-state index in [0.29, 0.717) is 12.2 Å². The monoisotopic (exact) mass is 332 g/mol. The predicted octanol–water partition coefficient (Wildman–Crippen LogP) is 4.95. The largest absolute Gasteiger partial charge is 0.507 e. The van der Waals surface area contributed by atoms with Crippen LogP contribution in [-0.2, 0) is 16.0 Å². The van der Waals surface area contributed by atoms with E-state index in [-0.39, 0.29) is 23.5 Å². The number of carbonyl (C=O) groups excluding carboxylic acids is 1. The molecule has 1 fully saturated rings. The van der Waals surface area contributed by atoms with E-state index in [9.17, 15) is 9.90 Å². The summed E-state index contributed by atoms with van der Waals surface area (Å²) in [4.78, 5) is 12.8. The van der Waals surface area contributed by atoms with E-state index in [4.69, 9.17) is 4.74 Å². The lowest BCUT2D eigenvalue weighted by Gasteiger charge is -2.26. The van der Waals surface area contributed by atoms with Gasteiger partial charge in [0.15, 0.2) is 5.78 Å². The van der Waals surface area contributed by atoms with Gasteiger partial charge in [-0.05, 0) is 62.6 Å². The van der Waals surface area contributed by atoms with E-state index in [0.717, 1.165) is 16.7 Å². The first kappa shape index (κ1) is 19.0. The Kier molecular flexibility index (Phi) is 4.89. The Hall–Kier alpha value is -1.35.